The largest absolute Gasteiger partial charge is 0.486 e. The second-order valence-corrected chi connectivity index (χ2v) is 5.40. The molecule has 0 unspecified atom stereocenters. The Balaban J connectivity index is 2.05. The summed E-state index contributed by atoms with van der Waals surface area (Å²) in [5, 5.41) is 12.7. The van der Waals surface area contributed by atoms with Gasteiger partial charge < -0.3 is 4.74 Å². The molecule has 1 aromatic heterocycles. The topological polar surface area (TPSA) is 45.9 Å². The maximum absolute atomic E-state index is 8.99. The lowest BCUT2D eigenvalue weighted by Gasteiger charge is -2.06. The highest BCUT2D eigenvalue weighted by molar-refractivity contribution is 7.09. The van der Waals surface area contributed by atoms with Gasteiger partial charge in [-0.1, -0.05) is 18.5 Å². The Kier molecular flexibility index (Phi) is 4.78. The van der Waals surface area contributed by atoms with Gasteiger partial charge in [0, 0.05) is 16.5 Å². The quantitative estimate of drug-likeness (QED) is 0.829. The minimum Gasteiger partial charge on any atom is -0.486 e. The van der Waals surface area contributed by atoms with Crippen LogP contribution < -0.4 is 4.74 Å². The van der Waals surface area contributed by atoms with Gasteiger partial charge >= 0.3 is 0 Å². The summed E-state index contributed by atoms with van der Waals surface area (Å²) >= 11 is 7.54. The second kappa shape index (κ2) is 6.55. The molecule has 1 aromatic carbocycles. The van der Waals surface area contributed by atoms with Gasteiger partial charge in [-0.25, -0.2) is 4.98 Å². The molecule has 0 bridgehead atoms. The van der Waals surface area contributed by atoms with Crippen molar-refractivity contribution in [2.45, 2.75) is 26.4 Å². The number of thiazole rings is 1. The summed E-state index contributed by atoms with van der Waals surface area (Å²) in [6.45, 7) is 2.48. The van der Waals surface area contributed by atoms with E-state index in [-0.39, 0.29) is 0 Å². The number of benzene rings is 1. The molecule has 0 aliphatic carbocycles. The highest BCUT2D eigenvalue weighted by atomic mass is 35.5. The lowest BCUT2D eigenvalue weighted by Crippen LogP contribution is -1.98. The van der Waals surface area contributed by atoms with Gasteiger partial charge in [0.15, 0.2) is 0 Å². The molecule has 1 heterocycles. The third-order valence-electron chi connectivity index (χ3n) is 2.50. The standard InChI is InChI=1S/C14H13ClN2OS/c1-2-3-14-17-12(9-19-14)8-18-13-6-11(15)5-4-10(13)7-16/h4-6,9H,2-3,8H2,1H3. The molecule has 0 N–H and O–H groups in total. The minimum atomic E-state index is 0.356. The van der Waals surface area contributed by atoms with Gasteiger partial charge in [0.1, 0.15) is 18.4 Å². The van der Waals surface area contributed by atoms with Gasteiger partial charge in [0.2, 0.25) is 0 Å². The van der Waals surface area contributed by atoms with E-state index in [1.165, 1.54) is 0 Å². The van der Waals surface area contributed by atoms with Crippen LogP contribution in [0.5, 0.6) is 5.75 Å². The lowest BCUT2D eigenvalue weighted by atomic mass is 10.2. The summed E-state index contributed by atoms with van der Waals surface area (Å²) in [6, 6.07) is 7.07. The molecule has 0 spiro atoms. The van der Waals surface area contributed by atoms with Crippen LogP contribution in [0.25, 0.3) is 0 Å². The van der Waals surface area contributed by atoms with Crippen molar-refractivity contribution in [2.24, 2.45) is 0 Å². The van der Waals surface area contributed by atoms with Gasteiger partial charge in [-0.15, -0.1) is 11.3 Å². The molecule has 0 atom stereocenters. The molecule has 19 heavy (non-hydrogen) atoms. The Labute approximate surface area is 121 Å². The summed E-state index contributed by atoms with van der Waals surface area (Å²) in [7, 11) is 0. The molecule has 0 radical (unpaired) electrons. The zero-order chi connectivity index (χ0) is 13.7. The number of aryl methyl sites for hydroxylation is 1. The van der Waals surface area contributed by atoms with Crippen LogP contribution in [0, 0.1) is 11.3 Å². The molecule has 2 aromatic rings. The molecule has 0 saturated carbocycles. The van der Waals surface area contributed by atoms with Crippen LogP contribution in [0.4, 0.5) is 0 Å². The van der Waals surface area contributed by atoms with E-state index in [2.05, 4.69) is 18.0 Å². The number of ether oxygens (including phenoxy) is 1. The predicted molar refractivity (Wildman–Crippen MR) is 76.6 cm³/mol. The third-order valence-corrected chi connectivity index (χ3v) is 3.70. The number of aromatic nitrogens is 1. The van der Waals surface area contributed by atoms with Crippen molar-refractivity contribution in [2.75, 3.05) is 0 Å². The van der Waals surface area contributed by atoms with Gasteiger partial charge in [-0.05, 0) is 25.0 Å². The number of hydrogen-bond donors (Lipinski definition) is 0. The van der Waals surface area contributed by atoms with E-state index in [9.17, 15) is 0 Å². The minimum absolute atomic E-state index is 0.356. The smallest absolute Gasteiger partial charge is 0.139 e. The molecule has 98 valence electrons. The van der Waals surface area contributed by atoms with Crippen molar-refractivity contribution in [1.29, 1.82) is 5.26 Å². The Bertz CT molecular complexity index is 604. The highest BCUT2D eigenvalue weighted by Gasteiger charge is 2.06. The van der Waals surface area contributed by atoms with Gasteiger partial charge in [0.05, 0.1) is 16.3 Å². The zero-order valence-electron chi connectivity index (χ0n) is 10.5. The van der Waals surface area contributed by atoms with Gasteiger partial charge in [0.25, 0.3) is 0 Å². The van der Waals surface area contributed by atoms with E-state index in [0.717, 1.165) is 23.5 Å². The van der Waals surface area contributed by atoms with Crippen LogP contribution in [0.1, 0.15) is 29.6 Å². The normalized spacial score (nSPS) is 10.2. The Morgan fingerprint density at radius 1 is 1.47 bits per heavy atom. The van der Waals surface area contributed by atoms with Crippen molar-refractivity contribution >= 4 is 22.9 Å². The first kappa shape index (κ1) is 13.9. The third kappa shape index (κ3) is 3.69. The van der Waals surface area contributed by atoms with Crippen molar-refractivity contribution in [3.63, 3.8) is 0 Å². The average molecular weight is 293 g/mol. The van der Waals surface area contributed by atoms with E-state index >= 15 is 0 Å². The maximum Gasteiger partial charge on any atom is 0.139 e. The van der Waals surface area contributed by atoms with E-state index in [1.54, 1.807) is 29.5 Å². The van der Waals surface area contributed by atoms with Crippen LogP contribution >= 0.6 is 22.9 Å². The average Bonchev–Trinajstić information content (AvgIpc) is 2.85. The molecular weight excluding hydrogens is 280 g/mol. The summed E-state index contributed by atoms with van der Waals surface area (Å²) in [5.41, 5.74) is 1.37. The van der Waals surface area contributed by atoms with E-state index in [4.69, 9.17) is 21.6 Å². The number of halogens is 1. The van der Waals surface area contributed by atoms with Crippen LogP contribution in [0.2, 0.25) is 5.02 Å². The van der Waals surface area contributed by atoms with Crippen molar-refractivity contribution in [3.05, 3.63) is 44.9 Å². The Morgan fingerprint density at radius 2 is 2.32 bits per heavy atom. The number of hydrogen-bond acceptors (Lipinski definition) is 4. The fourth-order valence-corrected chi connectivity index (χ4v) is 2.65. The van der Waals surface area contributed by atoms with Crippen molar-refractivity contribution in [1.82, 2.24) is 4.98 Å². The molecule has 0 fully saturated rings. The fourth-order valence-electron chi connectivity index (χ4n) is 1.60. The number of nitriles is 1. The maximum atomic E-state index is 8.99. The SMILES string of the molecule is CCCc1nc(COc2cc(Cl)ccc2C#N)cs1. The summed E-state index contributed by atoms with van der Waals surface area (Å²) in [4.78, 5) is 4.47. The predicted octanol–water partition coefficient (Wildman–Crippen LogP) is 4.20. The van der Waals surface area contributed by atoms with Crippen LogP contribution in [0.3, 0.4) is 0 Å². The summed E-state index contributed by atoms with van der Waals surface area (Å²) in [5.74, 6) is 0.500. The van der Waals surface area contributed by atoms with Gasteiger partial charge in [-0.2, -0.15) is 5.26 Å². The molecule has 0 aliphatic rings. The number of rotatable bonds is 5. The molecule has 0 aliphatic heterocycles. The monoisotopic (exact) mass is 292 g/mol. The Hall–Kier alpha value is -1.57. The first-order chi connectivity index (χ1) is 9.22. The second-order valence-electron chi connectivity index (χ2n) is 4.02. The van der Waals surface area contributed by atoms with Crippen LogP contribution in [0.15, 0.2) is 23.6 Å². The lowest BCUT2D eigenvalue weighted by molar-refractivity contribution is 0.301. The fraction of sp³-hybridized carbons (Fsp3) is 0.286. The highest BCUT2D eigenvalue weighted by Crippen LogP contribution is 2.24. The first-order valence-corrected chi connectivity index (χ1v) is 7.24. The van der Waals surface area contributed by atoms with E-state index in [1.807, 2.05) is 5.38 Å². The Morgan fingerprint density at radius 3 is 3.05 bits per heavy atom. The number of nitrogens with zero attached hydrogens (tertiary/aromatic N) is 2. The molecule has 2 rings (SSSR count). The molecular formula is C14H13ClN2OS. The van der Waals surface area contributed by atoms with Crippen molar-refractivity contribution < 1.29 is 4.74 Å². The molecule has 0 amide bonds. The van der Waals surface area contributed by atoms with E-state index < -0.39 is 0 Å². The summed E-state index contributed by atoms with van der Waals surface area (Å²) < 4.78 is 5.62. The molecule has 0 saturated heterocycles. The zero-order valence-corrected chi connectivity index (χ0v) is 12.1. The molecule has 5 heteroatoms. The molecule has 3 nitrogen and oxygen atoms in total. The van der Waals surface area contributed by atoms with Gasteiger partial charge in [-0.3, -0.25) is 0 Å². The van der Waals surface area contributed by atoms with Crippen LogP contribution in [-0.4, -0.2) is 4.98 Å². The van der Waals surface area contributed by atoms with Crippen LogP contribution in [-0.2, 0) is 13.0 Å². The first-order valence-electron chi connectivity index (χ1n) is 5.98. The van der Waals surface area contributed by atoms with Crippen molar-refractivity contribution in [3.8, 4) is 11.8 Å². The van der Waals surface area contributed by atoms with E-state index in [0.29, 0.717) is 22.9 Å². The summed E-state index contributed by atoms with van der Waals surface area (Å²) in [6.07, 6.45) is 2.08.